The van der Waals surface area contributed by atoms with Gasteiger partial charge in [0, 0.05) is 29.3 Å². The van der Waals surface area contributed by atoms with Crippen LogP contribution in [0.15, 0.2) is 36.4 Å². The predicted molar refractivity (Wildman–Crippen MR) is 122 cm³/mol. The first-order valence-electron chi connectivity index (χ1n) is 10.9. The first-order chi connectivity index (χ1) is 16.2. The maximum atomic E-state index is 15.1. The molecule has 10 heteroatoms. The second-order valence-electron chi connectivity index (χ2n) is 8.21. The highest BCUT2D eigenvalue weighted by molar-refractivity contribution is 7.97. The second-order valence-corrected chi connectivity index (χ2v) is 9.31. The summed E-state index contributed by atoms with van der Waals surface area (Å²) in [5.41, 5.74) is -0.0981. The number of aldehydes is 1. The third kappa shape index (κ3) is 6.16. The van der Waals surface area contributed by atoms with Crippen LogP contribution in [-0.4, -0.2) is 61.2 Å². The van der Waals surface area contributed by atoms with Gasteiger partial charge in [0.1, 0.15) is 29.8 Å². The molecular formula is C24H27F5N2O2S. The molecule has 34 heavy (non-hydrogen) atoms. The number of hydrogen-bond donors (Lipinski definition) is 1. The standard InChI is InChI=1S/C20H21F5N2S.C4H6O2/c1-3-28-26-19-17(27(2)11-20(19,24)25)9-12-5-4-6-14(18(12)23)15-10-13(21)7-8-16(15)22;5-3-4-1-2-6-4/h4-8,10,17,19,26H,3,9,11H2,1-2H3;3-4H,1-2H2. The van der Waals surface area contributed by atoms with Crippen LogP contribution in [0.2, 0.25) is 0 Å². The van der Waals surface area contributed by atoms with Crippen molar-refractivity contribution in [1.82, 2.24) is 9.62 Å². The van der Waals surface area contributed by atoms with Gasteiger partial charge in [-0.05, 0) is 37.2 Å². The summed E-state index contributed by atoms with van der Waals surface area (Å²) in [6.07, 6.45) is 1.71. The van der Waals surface area contributed by atoms with E-state index in [-0.39, 0.29) is 29.2 Å². The number of alkyl halides is 2. The van der Waals surface area contributed by atoms with Crippen LogP contribution < -0.4 is 4.72 Å². The first kappa shape index (κ1) is 26.6. The average molecular weight is 503 g/mol. The fourth-order valence-electron chi connectivity index (χ4n) is 3.93. The quantitative estimate of drug-likeness (QED) is 0.333. The summed E-state index contributed by atoms with van der Waals surface area (Å²) in [7, 11) is 1.57. The van der Waals surface area contributed by atoms with Gasteiger partial charge in [-0.2, -0.15) is 0 Å². The van der Waals surface area contributed by atoms with Crippen molar-refractivity contribution >= 4 is 18.2 Å². The van der Waals surface area contributed by atoms with E-state index in [0.29, 0.717) is 5.75 Å². The number of likely N-dealkylation sites (tertiary alicyclic amines) is 1. The van der Waals surface area contributed by atoms with Crippen molar-refractivity contribution in [3.63, 3.8) is 0 Å². The molecule has 186 valence electrons. The van der Waals surface area contributed by atoms with E-state index in [9.17, 15) is 22.4 Å². The highest BCUT2D eigenvalue weighted by Crippen LogP contribution is 2.36. The topological polar surface area (TPSA) is 41.6 Å². The largest absolute Gasteiger partial charge is 0.371 e. The average Bonchev–Trinajstić information content (AvgIpc) is 2.96. The second kappa shape index (κ2) is 11.6. The lowest BCUT2D eigenvalue weighted by Crippen LogP contribution is -2.46. The molecule has 2 heterocycles. The predicted octanol–water partition coefficient (Wildman–Crippen LogP) is 4.86. The number of carbonyl (C=O) groups excluding carboxylic acids is 1. The molecule has 0 aliphatic carbocycles. The third-order valence-corrected chi connectivity index (χ3v) is 6.54. The van der Waals surface area contributed by atoms with E-state index in [1.54, 1.807) is 7.05 Å². The van der Waals surface area contributed by atoms with E-state index in [1.807, 2.05) is 6.92 Å². The van der Waals surface area contributed by atoms with Crippen LogP contribution in [-0.2, 0) is 16.0 Å². The van der Waals surface area contributed by atoms with Crippen molar-refractivity contribution in [2.24, 2.45) is 0 Å². The van der Waals surface area contributed by atoms with Gasteiger partial charge in [0.15, 0.2) is 0 Å². The van der Waals surface area contributed by atoms with Gasteiger partial charge in [0.25, 0.3) is 5.92 Å². The Balaban J connectivity index is 0.000000469. The monoisotopic (exact) mass is 502 g/mol. The molecule has 4 nitrogen and oxygen atoms in total. The van der Waals surface area contributed by atoms with Gasteiger partial charge >= 0.3 is 0 Å². The molecular weight excluding hydrogens is 475 g/mol. The Kier molecular flexibility index (Phi) is 9.08. The summed E-state index contributed by atoms with van der Waals surface area (Å²) in [4.78, 5) is 11.2. The van der Waals surface area contributed by atoms with Crippen molar-refractivity contribution in [3.8, 4) is 11.1 Å². The number of likely N-dealkylation sites (N-methyl/N-ethyl adjacent to an activating group) is 1. The van der Waals surface area contributed by atoms with Crippen molar-refractivity contribution in [1.29, 1.82) is 0 Å². The maximum Gasteiger partial charge on any atom is 0.277 e. The van der Waals surface area contributed by atoms with Crippen LogP contribution in [0.1, 0.15) is 18.9 Å². The van der Waals surface area contributed by atoms with E-state index >= 15 is 4.39 Å². The molecule has 1 N–H and O–H groups in total. The van der Waals surface area contributed by atoms with Crippen LogP contribution in [0.4, 0.5) is 22.0 Å². The highest BCUT2D eigenvalue weighted by atomic mass is 32.2. The SMILES string of the molecule is CCSNC1C(Cc2cccc(-c3cc(F)ccc3F)c2F)N(C)CC1(F)F.O=CC1CCO1. The lowest BCUT2D eigenvalue weighted by Gasteiger charge is -2.26. The lowest BCUT2D eigenvalue weighted by atomic mass is 9.95. The van der Waals surface area contributed by atoms with Crippen molar-refractivity contribution in [2.75, 3.05) is 26.0 Å². The number of benzene rings is 2. The van der Waals surface area contributed by atoms with Crippen LogP contribution in [0.5, 0.6) is 0 Å². The number of rotatable bonds is 7. The van der Waals surface area contributed by atoms with Gasteiger partial charge in [0.05, 0.1) is 19.2 Å². The third-order valence-electron chi connectivity index (χ3n) is 5.83. The molecule has 0 radical (unpaired) electrons. The normalized spacial score (nSPS) is 23.7. The summed E-state index contributed by atoms with van der Waals surface area (Å²) >= 11 is 1.19. The number of halogens is 5. The van der Waals surface area contributed by atoms with Gasteiger partial charge in [-0.3, -0.25) is 9.62 Å². The maximum absolute atomic E-state index is 15.1. The van der Waals surface area contributed by atoms with Crippen LogP contribution in [0, 0.1) is 17.5 Å². The Hall–Kier alpha value is -2.01. The molecule has 3 atom stereocenters. The van der Waals surface area contributed by atoms with Gasteiger partial charge in [0.2, 0.25) is 0 Å². The van der Waals surface area contributed by atoms with Crippen LogP contribution in [0.3, 0.4) is 0 Å². The number of nitrogens with one attached hydrogen (secondary N) is 1. The van der Waals surface area contributed by atoms with Gasteiger partial charge in [-0.15, -0.1) is 0 Å². The summed E-state index contributed by atoms with van der Waals surface area (Å²) in [5, 5.41) is 0. The van der Waals surface area contributed by atoms with E-state index in [0.717, 1.165) is 37.5 Å². The van der Waals surface area contributed by atoms with E-state index in [2.05, 4.69) is 4.72 Å². The molecule has 2 aromatic rings. The summed E-state index contributed by atoms with van der Waals surface area (Å²) in [5.74, 6) is -4.49. The Morgan fingerprint density at radius 2 is 1.94 bits per heavy atom. The Bertz CT molecular complexity index is 990. The van der Waals surface area contributed by atoms with Crippen LogP contribution >= 0.6 is 11.9 Å². The smallest absolute Gasteiger partial charge is 0.277 e. The summed E-state index contributed by atoms with van der Waals surface area (Å²) < 4.78 is 79.0. The minimum atomic E-state index is -2.95. The molecule has 4 rings (SSSR count). The minimum Gasteiger partial charge on any atom is -0.371 e. The molecule has 2 aromatic carbocycles. The zero-order valence-corrected chi connectivity index (χ0v) is 19.7. The molecule has 2 saturated heterocycles. The number of hydrogen-bond acceptors (Lipinski definition) is 5. The molecule has 0 aromatic heterocycles. The molecule has 2 aliphatic rings. The molecule has 0 spiro atoms. The Morgan fingerprint density at radius 1 is 1.21 bits per heavy atom. The number of ether oxygens (including phenoxy) is 1. The molecule has 0 saturated carbocycles. The Morgan fingerprint density at radius 3 is 2.53 bits per heavy atom. The van der Waals surface area contributed by atoms with Crippen molar-refractivity contribution in [2.45, 2.75) is 43.9 Å². The molecule has 0 bridgehead atoms. The van der Waals surface area contributed by atoms with Crippen molar-refractivity contribution < 1.29 is 31.5 Å². The van der Waals surface area contributed by atoms with Crippen molar-refractivity contribution in [3.05, 3.63) is 59.4 Å². The minimum absolute atomic E-state index is 0.0185. The number of nitrogens with zero attached hydrogens (tertiary/aromatic N) is 1. The lowest BCUT2D eigenvalue weighted by molar-refractivity contribution is -0.129. The highest BCUT2D eigenvalue weighted by Gasteiger charge is 2.53. The van der Waals surface area contributed by atoms with Gasteiger partial charge in [-0.25, -0.2) is 22.0 Å². The van der Waals surface area contributed by atoms with E-state index < -0.39 is 42.0 Å². The van der Waals surface area contributed by atoms with Crippen LogP contribution in [0.25, 0.3) is 11.1 Å². The zero-order valence-electron chi connectivity index (χ0n) is 18.9. The van der Waals surface area contributed by atoms with Gasteiger partial charge < -0.3 is 9.53 Å². The number of carbonyl (C=O) groups is 1. The summed E-state index contributed by atoms with van der Waals surface area (Å²) in [6.45, 7) is 2.18. The molecule has 2 aliphatic heterocycles. The van der Waals surface area contributed by atoms with Gasteiger partial charge in [-0.1, -0.05) is 37.1 Å². The van der Waals surface area contributed by atoms with E-state index in [4.69, 9.17) is 4.74 Å². The summed E-state index contributed by atoms with van der Waals surface area (Å²) in [6, 6.07) is 5.40. The molecule has 0 amide bonds. The van der Waals surface area contributed by atoms with E-state index in [1.165, 1.54) is 35.0 Å². The molecule has 2 fully saturated rings. The fraction of sp³-hybridized carbons (Fsp3) is 0.458. The Labute approximate surface area is 200 Å². The molecule has 3 unspecified atom stereocenters. The fourth-order valence-corrected chi connectivity index (χ4v) is 4.61. The first-order valence-corrected chi connectivity index (χ1v) is 11.9. The zero-order chi connectivity index (χ0) is 24.9.